The van der Waals surface area contributed by atoms with Gasteiger partial charge in [-0.15, -0.1) is 0 Å². The predicted octanol–water partition coefficient (Wildman–Crippen LogP) is 2.09. The highest BCUT2D eigenvalue weighted by Crippen LogP contribution is 2.26. The lowest BCUT2D eigenvalue weighted by molar-refractivity contribution is 0.334. The molecule has 4 nitrogen and oxygen atoms in total. The number of benzene rings is 1. The minimum atomic E-state index is -0.341. The smallest absolute Gasteiger partial charge is 0.278 e. The van der Waals surface area contributed by atoms with Crippen molar-refractivity contribution in [3.8, 4) is 11.8 Å². The number of halogens is 1. The Morgan fingerprint density at radius 3 is 2.31 bits per heavy atom. The van der Waals surface area contributed by atoms with Crippen LogP contribution < -0.4 is 9.47 Å². The van der Waals surface area contributed by atoms with Gasteiger partial charge < -0.3 is 9.47 Å². The van der Waals surface area contributed by atoms with Gasteiger partial charge in [0.05, 0.1) is 25.3 Å². The molecular formula is C11H11FN2O2. The van der Waals surface area contributed by atoms with Gasteiger partial charge in [0, 0.05) is 6.07 Å². The van der Waals surface area contributed by atoms with E-state index in [0.29, 0.717) is 22.5 Å². The highest BCUT2D eigenvalue weighted by Gasteiger charge is 2.11. The van der Waals surface area contributed by atoms with Crippen molar-refractivity contribution in [1.82, 2.24) is 9.97 Å². The van der Waals surface area contributed by atoms with Gasteiger partial charge in [-0.3, -0.25) is 0 Å². The Labute approximate surface area is 92.0 Å². The fraction of sp³-hybridized carbons (Fsp3) is 0.273. The van der Waals surface area contributed by atoms with Crippen LogP contribution >= 0.6 is 0 Å². The van der Waals surface area contributed by atoms with Crippen LogP contribution in [0.3, 0.4) is 0 Å². The van der Waals surface area contributed by atoms with Gasteiger partial charge in [0.15, 0.2) is 0 Å². The van der Waals surface area contributed by atoms with Crippen LogP contribution in [0.15, 0.2) is 12.1 Å². The standard InChI is InChI=1S/C11H11FN2O2/c1-6-4-7(12)5-8-9(6)14-11(16-3)10(13-8)15-2/h4-5H,1-3H3. The van der Waals surface area contributed by atoms with Crippen LogP contribution in [0.5, 0.6) is 11.8 Å². The maximum atomic E-state index is 13.2. The summed E-state index contributed by atoms with van der Waals surface area (Å²) in [4.78, 5) is 8.37. The molecule has 0 aliphatic heterocycles. The molecule has 2 rings (SSSR count). The number of hydrogen-bond donors (Lipinski definition) is 0. The van der Waals surface area contributed by atoms with Crippen LogP contribution in [0.1, 0.15) is 5.56 Å². The van der Waals surface area contributed by atoms with Crippen molar-refractivity contribution in [2.45, 2.75) is 6.92 Å². The van der Waals surface area contributed by atoms with Crippen molar-refractivity contribution in [2.75, 3.05) is 14.2 Å². The first kappa shape index (κ1) is 10.6. The fourth-order valence-electron chi connectivity index (χ4n) is 1.52. The molecule has 0 spiro atoms. The topological polar surface area (TPSA) is 44.2 Å². The summed E-state index contributed by atoms with van der Waals surface area (Å²) in [5.41, 5.74) is 1.78. The molecule has 0 N–H and O–H groups in total. The number of ether oxygens (including phenoxy) is 2. The first-order valence-corrected chi connectivity index (χ1v) is 4.71. The van der Waals surface area contributed by atoms with Gasteiger partial charge in [-0.05, 0) is 18.6 Å². The molecular weight excluding hydrogens is 211 g/mol. The predicted molar refractivity (Wildman–Crippen MR) is 57.3 cm³/mol. The Morgan fingerprint density at radius 2 is 1.69 bits per heavy atom. The molecule has 0 saturated carbocycles. The zero-order valence-electron chi connectivity index (χ0n) is 9.24. The number of aromatic nitrogens is 2. The molecule has 0 radical (unpaired) electrons. The first-order chi connectivity index (χ1) is 7.65. The first-order valence-electron chi connectivity index (χ1n) is 4.71. The molecule has 84 valence electrons. The summed E-state index contributed by atoms with van der Waals surface area (Å²) in [6.45, 7) is 1.77. The molecule has 0 unspecified atom stereocenters. The van der Waals surface area contributed by atoms with Gasteiger partial charge in [-0.25, -0.2) is 14.4 Å². The summed E-state index contributed by atoms with van der Waals surface area (Å²) in [6.07, 6.45) is 0. The van der Waals surface area contributed by atoms with Crippen molar-refractivity contribution >= 4 is 11.0 Å². The highest BCUT2D eigenvalue weighted by molar-refractivity contribution is 5.79. The van der Waals surface area contributed by atoms with E-state index in [1.54, 1.807) is 6.92 Å². The summed E-state index contributed by atoms with van der Waals surface area (Å²) < 4.78 is 23.2. The number of aryl methyl sites for hydroxylation is 1. The molecule has 16 heavy (non-hydrogen) atoms. The van der Waals surface area contributed by atoms with E-state index < -0.39 is 0 Å². The number of rotatable bonds is 2. The number of nitrogens with zero attached hydrogens (tertiary/aromatic N) is 2. The van der Waals surface area contributed by atoms with Crippen LogP contribution in [0, 0.1) is 12.7 Å². The Morgan fingerprint density at radius 1 is 1.06 bits per heavy atom. The molecule has 0 amide bonds. The van der Waals surface area contributed by atoms with Crippen LogP contribution in [-0.4, -0.2) is 24.2 Å². The molecule has 0 bridgehead atoms. The molecule has 0 atom stereocenters. The zero-order chi connectivity index (χ0) is 11.7. The van der Waals surface area contributed by atoms with E-state index in [2.05, 4.69) is 9.97 Å². The number of methoxy groups -OCH3 is 2. The van der Waals surface area contributed by atoms with E-state index >= 15 is 0 Å². The summed E-state index contributed by atoms with van der Waals surface area (Å²) >= 11 is 0. The van der Waals surface area contributed by atoms with E-state index in [4.69, 9.17) is 9.47 Å². The molecule has 5 heteroatoms. The summed E-state index contributed by atoms with van der Waals surface area (Å²) in [6, 6.07) is 2.72. The van der Waals surface area contributed by atoms with Crippen LogP contribution in [0.4, 0.5) is 4.39 Å². The third kappa shape index (κ3) is 1.64. The normalized spacial score (nSPS) is 10.5. The summed E-state index contributed by atoms with van der Waals surface area (Å²) in [5.74, 6) is 0.205. The van der Waals surface area contributed by atoms with Crippen molar-refractivity contribution in [3.05, 3.63) is 23.5 Å². The molecule has 1 heterocycles. The Balaban J connectivity index is 2.78. The van der Waals surface area contributed by atoms with E-state index in [1.165, 1.54) is 26.4 Å². The molecule has 0 aliphatic carbocycles. The van der Waals surface area contributed by atoms with E-state index in [-0.39, 0.29) is 11.7 Å². The van der Waals surface area contributed by atoms with Gasteiger partial charge >= 0.3 is 0 Å². The van der Waals surface area contributed by atoms with Crippen molar-refractivity contribution < 1.29 is 13.9 Å². The largest absolute Gasteiger partial charge is 0.477 e. The van der Waals surface area contributed by atoms with Crippen molar-refractivity contribution in [2.24, 2.45) is 0 Å². The lowest BCUT2D eigenvalue weighted by Gasteiger charge is -2.08. The minimum absolute atomic E-state index is 0.250. The third-order valence-electron chi connectivity index (χ3n) is 2.25. The maximum Gasteiger partial charge on any atom is 0.278 e. The molecule has 2 aromatic rings. The maximum absolute atomic E-state index is 13.2. The van der Waals surface area contributed by atoms with Gasteiger partial charge in [0.2, 0.25) is 0 Å². The van der Waals surface area contributed by atoms with Gasteiger partial charge in [0.25, 0.3) is 11.8 Å². The quantitative estimate of drug-likeness (QED) is 0.780. The van der Waals surface area contributed by atoms with E-state index in [1.807, 2.05) is 0 Å². The van der Waals surface area contributed by atoms with Gasteiger partial charge in [-0.2, -0.15) is 0 Å². The Hall–Kier alpha value is -1.91. The molecule has 1 aromatic heterocycles. The third-order valence-corrected chi connectivity index (χ3v) is 2.25. The average Bonchev–Trinajstić information content (AvgIpc) is 2.27. The SMILES string of the molecule is COc1nc2cc(F)cc(C)c2nc1OC. The fourth-order valence-corrected chi connectivity index (χ4v) is 1.52. The second-order valence-electron chi connectivity index (χ2n) is 3.33. The lowest BCUT2D eigenvalue weighted by atomic mass is 10.2. The van der Waals surface area contributed by atoms with Crippen LogP contribution in [0.25, 0.3) is 11.0 Å². The highest BCUT2D eigenvalue weighted by atomic mass is 19.1. The number of hydrogen-bond acceptors (Lipinski definition) is 4. The van der Waals surface area contributed by atoms with Gasteiger partial charge in [0.1, 0.15) is 5.82 Å². The second-order valence-corrected chi connectivity index (χ2v) is 3.33. The Bertz CT molecular complexity index is 543. The monoisotopic (exact) mass is 222 g/mol. The van der Waals surface area contributed by atoms with Gasteiger partial charge in [-0.1, -0.05) is 0 Å². The van der Waals surface area contributed by atoms with E-state index in [9.17, 15) is 4.39 Å². The van der Waals surface area contributed by atoms with Crippen LogP contribution in [0.2, 0.25) is 0 Å². The average molecular weight is 222 g/mol. The Kier molecular flexibility index (Phi) is 2.60. The molecule has 0 saturated heterocycles. The summed E-state index contributed by atoms with van der Waals surface area (Å²) in [5, 5.41) is 0. The summed E-state index contributed by atoms with van der Waals surface area (Å²) in [7, 11) is 2.95. The van der Waals surface area contributed by atoms with Crippen molar-refractivity contribution in [3.63, 3.8) is 0 Å². The molecule has 0 aliphatic rings. The molecule has 1 aromatic carbocycles. The van der Waals surface area contributed by atoms with Crippen molar-refractivity contribution in [1.29, 1.82) is 0 Å². The molecule has 0 fully saturated rings. The van der Waals surface area contributed by atoms with Crippen LogP contribution in [-0.2, 0) is 0 Å². The van der Waals surface area contributed by atoms with E-state index in [0.717, 1.165) is 0 Å². The zero-order valence-corrected chi connectivity index (χ0v) is 9.24. The minimum Gasteiger partial charge on any atom is -0.477 e. The number of fused-ring (bicyclic) bond motifs is 1. The lowest BCUT2D eigenvalue weighted by Crippen LogP contribution is -1.98. The second kappa shape index (κ2) is 3.92.